The zero-order valence-electron chi connectivity index (χ0n) is 16.7. The summed E-state index contributed by atoms with van der Waals surface area (Å²) >= 11 is 0. The maximum absolute atomic E-state index is 12.8. The van der Waals surface area contributed by atoms with E-state index in [0.29, 0.717) is 0 Å². The van der Waals surface area contributed by atoms with E-state index in [1.807, 2.05) is 36.6 Å². The number of hydrogen-bond acceptors (Lipinski definition) is 4. The van der Waals surface area contributed by atoms with E-state index >= 15 is 0 Å². The molecule has 0 atom stereocenters. The van der Waals surface area contributed by atoms with Gasteiger partial charge in [-0.05, 0) is 56.3 Å². The van der Waals surface area contributed by atoms with Crippen molar-refractivity contribution in [2.45, 2.75) is 50.6 Å². The summed E-state index contributed by atoms with van der Waals surface area (Å²) in [6, 6.07) is 4.15. The number of hydrogen-bond donors (Lipinski definition) is 0. The van der Waals surface area contributed by atoms with Crippen molar-refractivity contribution in [2.75, 3.05) is 26.7 Å². The topological polar surface area (TPSA) is 54.3 Å². The second-order valence-corrected chi connectivity index (χ2v) is 8.99. The third-order valence-electron chi connectivity index (χ3n) is 6.99. The van der Waals surface area contributed by atoms with Gasteiger partial charge in [-0.2, -0.15) is 5.10 Å². The van der Waals surface area contributed by atoms with Crippen LogP contribution in [0.15, 0.2) is 30.7 Å². The van der Waals surface area contributed by atoms with Gasteiger partial charge in [-0.15, -0.1) is 0 Å². The molecule has 1 amide bonds. The second-order valence-electron chi connectivity index (χ2n) is 8.99. The van der Waals surface area contributed by atoms with Crippen LogP contribution < -0.4 is 0 Å². The second kappa shape index (κ2) is 6.99. The first kappa shape index (κ1) is 17.9. The predicted octanol–water partition coefficient (Wildman–Crippen LogP) is 2.70. The normalized spacial score (nSPS) is 22.3. The van der Waals surface area contributed by atoms with E-state index in [0.717, 1.165) is 62.7 Å². The number of likely N-dealkylation sites (tertiary alicyclic amines) is 1. The number of carbonyl (C=O) groups excluding carboxylic acids is 1. The third-order valence-corrected chi connectivity index (χ3v) is 6.99. The molecule has 1 spiro atoms. The summed E-state index contributed by atoms with van der Waals surface area (Å²) in [5.74, 6) is 0.879. The van der Waals surface area contributed by atoms with Gasteiger partial charge < -0.3 is 4.90 Å². The smallest absolute Gasteiger partial charge is 0.257 e. The van der Waals surface area contributed by atoms with Gasteiger partial charge >= 0.3 is 0 Å². The van der Waals surface area contributed by atoms with E-state index in [1.165, 1.54) is 24.8 Å². The highest BCUT2D eigenvalue weighted by Crippen LogP contribution is 2.41. The Balaban J connectivity index is 1.35. The maximum Gasteiger partial charge on any atom is 0.257 e. The molecule has 1 saturated heterocycles. The molecule has 5 rings (SSSR count). The zero-order valence-corrected chi connectivity index (χ0v) is 16.7. The number of pyridine rings is 1. The molecule has 3 aliphatic rings. The van der Waals surface area contributed by atoms with Crippen LogP contribution in [0.25, 0.3) is 0 Å². The van der Waals surface area contributed by atoms with E-state index in [1.54, 1.807) is 0 Å². The summed E-state index contributed by atoms with van der Waals surface area (Å²) < 4.78 is 2.06. The zero-order chi connectivity index (χ0) is 19.1. The Hall–Kier alpha value is -2.21. The highest BCUT2D eigenvalue weighted by molar-refractivity contribution is 5.96. The minimum absolute atomic E-state index is 0.00823. The molecule has 1 saturated carbocycles. The number of rotatable bonds is 4. The number of likely N-dealkylation sites (N-methyl/N-ethyl adjacent to an activating group) is 1. The molecular formula is C22H29N5O. The Kier molecular flexibility index (Phi) is 4.46. The summed E-state index contributed by atoms with van der Waals surface area (Å²) in [4.78, 5) is 21.4. The number of amides is 1. The van der Waals surface area contributed by atoms with E-state index < -0.39 is 0 Å². The minimum atomic E-state index is 0.00823. The van der Waals surface area contributed by atoms with Crippen molar-refractivity contribution in [1.29, 1.82) is 0 Å². The summed E-state index contributed by atoms with van der Waals surface area (Å²) in [6.07, 6.45) is 11.8. The van der Waals surface area contributed by atoms with Crippen molar-refractivity contribution < 1.29 is 4.79 Å². The fraction of sp³-hybridized carbons (Fsp3) is 0.591. The van der Waals surface area contributed by atoms with Crippen molar-refractivity contribution in [3.05, 3.63) is 47.5 Å². The van der Waals surface area contributed by atoms with Gasteiger partial charge in [-0.25, -0.2) is 0 Å². The Labute approximate surface area is 166 Å². The van der Waals surface area contributed by atoms with Crippen LogP contribution in [0.1, 0.15) is 53.7 Å². The van der Waals surface area contributed by atoms with E-state index in [2.05, 4.69) is 20.6 Å². The van der Waals surface area contributed by atoms with Crippen LogP contribution in [0.2, 0.25) is 0 Å². The molecule has 2 fully saturated rings. The van der Waals surface area contributed by atoms with Crippen molar-refractivity contribution in [3.8, 4) is 0 Å². The molecule has 4 heterocycles. The molecule has 6 nitrogen and oxygen atoms in total. The monoisotopic (exact) mass is 379 g/mol. The molecule has 6 heteroatoms. The van der Waals surface area contributed by atoms with Crippen LogP contribution in [-0.4, -0.2) is 57.2 Å². The van der Waals surface area contributed by atoms with Crippen LogP contribution in [0.4, 0.5) is 0 Å². The van der Waals surface area contributed by atoms with Crippen LogP contribution in [0.5, 0.6) is 0 Å². The van der Waals surface area contributed by atoms with Crippen molar-refractivity contribution in [3.63, 3.8) is 0 Å². The Morgan fingerprint density at radius 1 is 1.25 bits per heavy atom. The van der Waals surface area contributed by atoms with Gasteiger partial charge in [0.1, 0.15) is 0 Å². The van der Waals surface area contributed by atoms with Gasteiger partial charge in [0.15, 0.2) is 0 Å². The highest BCUT2D eigenvalue weighted by Gasteiger charge is 2.46. The molecule has 0 aromatic carbocycles. The molecule has 0 bridgehead atoms. The van der Waals surface area contributed by atoms with Crippen LogP contribution in [0.3, 0.4) is 0 Å². The van der Waals surface area contributed by atoms with E-state index in [-0.39, 0.29) is 11.3 Å². The fourth-order valence-corrected chi connectivity index (χ4v) is 5.09. The van der Waals surface area contributed by atoms with Crippen LogP contribution in [-0.2, 0) is 18.5 Å². The van der Waals surface area contributed by atoms with Gasteiger partial charge in [0.05, 0.1) is 11.3 Å². The molecule has 2 aromatic rings. The first-order valence-electron chi connectivity index (χ1n) is 10.6. The maximum atomic E-state index is 12.8. The first-order chi connectivity index (χ1) is 13.6. The third kappa shape index (κ3) is 3.13. The van der Waals surface area contributed by atoms with Crippen LogP contribution >= 0.6 is 0 Å². The molecule has 0 N–H and O–H groups in total. The molecule has 28 heavy (non-hydrogen) atoms. The Bertz CT molecular complexity index is 849. The van der Waals surface area contributed by atoms with Gasteiger partial charge in [-0.1, -0.05) is 12.5 Å². The summed E-state index contributed by atoms with van der Waals surface area (Å²) in [5, 5.41) is 4.98. The van der Waals surface area contributed by atoms with Crippen LogP contribution in [0, 0.1) is 5.92 Å². The quantitative estimate of drug-likeness (QED) is 0.820. The molecule has 148 valence electrons. The number of fused-ring (bicyclic) bond motifs is 2. The average molecular weight is 380 g/mol. The number of nitrogens with zero attached hydrogens (tertiary/aromatic N) is 5. The number of aromatic nitrogens is 3. The van der Waals surface area contributed by atoms with Crippen molar-refractivity contribution in [1.82, 2.24) is 24.6 Å². The predicted molar refractivity (Wildman–Crippen MR) is 107 cm³/mol. The van der Waals surface area contributed by atoms with Gasteiger partial charge in [0.2, 0.25) is 0 Å². The number of carbonyl (C=O) groups is 1. The van der Waals surface area contributed by atoms with Gasteiger partial charge in [0.25, 0.3) is 5.91 Å². The summed E-state index contributed by atoms with van der Waals surface area (Å²) in [6.45, 7) is 4.77. The summed E-state index contributed by atoms with van der Waals surface area (Å²) in [7, 11) is 1.94. The van der Waals surface area contributed by atoms with Gasteiger partial charge in [0, 0.05) is 50.7 Å². The summed E-state index contributed by atoms with van der Waals surface area (Å²) in [5.41, 5.74) is 3.18. The van der Waals surface area contributed by atoms with Crippen molar-refractivity contribution >= 4 is 5.91 Å². The Morgan fingerprint density at radius 2 is 2.07 bits per heavy atom. The molecule has 1 aliphatic carbocycles. The fourth-order valence-electron chi connectivity index (χ4n) is 5.09. The number of piperidine rings is 1. The van der Waals surface area contributed by atoms with Gasteiger partial charge in [-0.3, -0.25) is 19.4 Å². The highest BCUT2D eigenvalue weighted by atomic mass is 16.2. The first-order valence-corrected chi connectivity index (χ1v) is 10.6. The molecule has 0 radical (unpaired) electrons. The standard InChI is InChI=1S/C22H29N5O/c1-25-16-22(7-10-26(11-8-22)13-18-6-3-9-23-12-18)20-19(21(25)28)15-27(24-20)14-17-4-2-5-17/h3,6,9,12,15,17H,2,4-5,7-8,10-11,13-14,16H2,1H3. The molecular weight excluding hydrogens is 350 g/mol. The Morgan fingerprint density at radius 3 is 2.75 bits per heavy atom. The van der Waals surface area contributed by atoms with E-state index in [4.69, 9.17) is 5.10 Å². The van der Waals surface area contributed by atoms with E-state index in [9.17, 15) is 4.79 Å². The lowest BCUT2D eigenvalue weighted by molar-refractivity contribution is 0.0628. The lowest BCUT2D eigenvalue weighted by Gasteiger charge is -2.45. The molecule has 0 unspecified atom stereocenters. The SMILES string of the molecule is CN1CC2(CCN(Cc3cccnc3)CC2)c2nn(CC3CCC3)cc2C1=O. The largest absolute Gasteiger partial charge is 0.341 e. The average Bonchev–Trinajstić information content (AvgIpc) is 3.11. The van der Waals surface area contributed by atoms with Crippen molar-refractivity contribution in [2.24, 2.45) is 5.92 Å². The molecule has 2 aliphatic heterocycles. The lowest BCUT2D eigenvalue weighted by Crippen LogP contribution is -2.53. The minimum Gasteiger partial charge on any atom is -0.341 e. The lowest BCUT2D eigenvalue weighted by atomic mass is 9.72. The molecule has 2 aromatic heterocycles.